The highest BCUT2D eigenvalue weighted by atomic mass is 32.2. The topological polar surface area (TPSA) is 81.4 Å². The van der Waals surface area contributed by atoms with Gasteiger partial charge < -0.3 is 10.1 Å². The van der Waals surface area contributed by atoms with E-state index in [1.54, 1.807) is 0 Å². The molecule has 3 N–H and O–H groups in total. The van der Waals surface area contributed by atoms with Crippen molar-refractivity contribution in [3.05, 3.63) is 29.3 Å². The first-order valence-corrected chi connectivity index (χ1v) is 8.16. The van der Waals surface area contributed by atoms with Crippen molar-refractivity contribution < 1.29 is 13.2 Å². The summed E-state index contributed by atoms with van der Waals surface area (Å²) in [4.78, 5) is 0. The molecular formula is C13H18N2O3S. The summed E-state index contributed by atoms with van der Waals surface area (Å²) in [5.74, 6) is 0.981. The second-order valence-electron chi connectivity index (χ2n) is 5.18. The first kappa shape index (κ1) is 12.9. The lowest BCUT2D eigenvalue weighted by atomic mass is 9.95. The summed E-state index contributed by atoms with van der Waals surface area (Å²) >= 11 is 0. The summed E-state index contributed by atoms with van der Waals surface area (Å²) in [6.45, 7) is 1.14. The van der Waals surface area contributed by atoms with Crippen LogP contribution in [0.5, 0.6) is 5.75 Å². The van der Waals surface area contributed by atoms with E-state index in [9.17, 15) is 8.42 Å². The van der Waals surface area contributed by atoms with Crippen LogP contribution in [0.25, 0.3) is 0 Å². The number of sulfonamides is 1. The zero-order valence-corrected chi connectivity index (χ0v) is 11.4. The Morgan fingerprint density at radius 2 is 2.16 bits per heavy atom. The van der Waals surface area contributed by atoms with Gasteiger partial charge in [0.2, 0.25) is 10.0 Å². The summed E-state index contributed by atoms with van der Waals surface area (Å²) in [5, 5.41) is 8.00. The molecular weight excluding hydrogens is 264 g/mol. The van der Waals surface area contributed by atoms with Gasteiger partial charge in [-0.15, -0.1) is 0 Å². The molecule has 2 aliphatic heterocycles. The van der Waals surface area contributed by atoms with Crippen molar-refractivity contribution in [2.24, 2.45) is 5.14 Å². The Kier molecular flexibility index (Phi) is 3.24. The van der Waals surface area contributed by atoms with E-state index < -0.39 is 15.3 Å². The molecule has 1 aromatic carbocycles. The first-order chi connectivity index (χ1) is 9.05. The number of nitrogens with one attached hydrogen (secondary N) is 1. The molecule has 0 aromatic heterocycles. The fourth-order valence-corrected chi connectivity index (χ4v) is 3.68. The number of ether oxygens (including phenoxy) is 1. The fourth-order valence-electron chi connectivity index (χ4n) is 2.89. The zero-order valence-electron chi connectivity index (χ0n) is 10.6. The Labute approximate surface area is 113 Å². The molecule has 0 aliphatic carbocycles. The monoisotopic (exact) mass is 282 g/mol. The second kappa shape index (κ2) is 4.77. The van der Waals surface area contributed by atoms with Gasteiger partial charge in [0.1, 0.15) is 5.75 Å². The van der Waals surface area contributed by atoms with Crippen molar-refractivity contribution >= 4 is 10.0 Å². The minimum absolute atomic E-state index is 0.158. The standard InChI is InChI=1S/C13H18N2O3S/c14-19(16,17)10-4-5-12(15-8-10)11-3-1-2-9-6-7-18-13(9)11/h1-3,10,12,15H,4-8H2,(H2,14,16,17). The predicted molar refractivity (Wildman–Crippen MR) is 72.5 cm³/mol. The van der Waals surface area contributed by atoms with E-state index in [1.807, 2.05) is 6.07 Å². The third-order valence-electron chi connectivity index (χ3n) is 3.95. The molecule has 1 fully saturated rings. The van der Waals surface area contributed by atoms with Crippen LogP contribution in [0.4, 0.5) is 0 Å². The van der Waals surface area contributed by atoms with E-state index >= 15 is 0 Å². The molecule has 0 amide bonds. The lowest BCUT2D eigenvalue weighted by Crippen LogP contribution is -2.43. The maximum absolute atomic E-state index is 11.3. The highest BCUT2D eigenvalue weighted by Crippen LogP contribution is 2.36. The molecule has 2 atom stereocenters. The Morgan fingerprint density at radius 3 is 2.84 bits per heavy atom. The molecule has 6 heteroatoms. The van der Waals surface area contributed by atoms with Gasteiger partial charge in [-0.3, -0.25) is 0 Å². The van der Waals surface area contributed by atoms with Crippen molar-refractivity contribution in [1.29, 1.82) is 0 Å². The van der Waals surface area contributed by atoms with Gasteiger partial charge in [0.15, 0.2) is 0 Å². The van der Waals surface area contributed by atoms with Crippen molar-refractivity contribution in [2.45, 2.75) is 30.6 Å². The van der Waals surface area contributed by atoms with Crippen LogP contribution >= 0.6 is 0 Å². The lowest BCUT2D eigenvalue weighted by molar-refractivity contribution is 0.339. The number of hydrogen-bond acceptors (Lipinski definition) is 4. The van der Waals surface area contributed by atoms with E-state index in [0.29, 0.717) is 13.0 Å². The van der Waals surface area contributed by atoms with Crippen molar-refractivity contribution in [1.82, 2.24) is 5.32 Å². The normalized spacial score (nSPS) is 26.8. The molecule has 19 heavy (non-hydrogen) atoms. The summed E-state index contributed by atoms with van der Waals surface area (Å²) in [7, 11) is -3.44. The van der Waals surface area contributed by atoms with E-state index in [2.05, 4.69) is 17.4 Å². The lowest BCUT2D eigenvalue weighted by Gasteiger charge is -2.29. The summed E-state index contributed by atoms with van der Waals surface area (Å²) in [6, 6.07) is 6.34. The van der Waals surface area contributed by atoms with Crippen LogP contribution in [-0.2, 0) is 16.4 Å². The number of benzene rings is 1. The van der Waals surface area contributed by atoms with Crippen LogP contribution in [0.15, 0.2) is 18.2 Å². The SMILES string of the molecule is NS(=O)(=O)C1CCC(c2cccc3c2OCC3)NC1. The van der Waals surface area contributed by atoms with Gasteiger partial charge in [0, 0.05) is 24.6 Å². The van der Waals surface area contributed by atoms with Gasteiger partial charge >= 0.3 is 0 Å². The van der Waals surface area contributed by atoms with Crippen LogP contribution in [0, 0.1) is 0 Å². The third-order valence-corrected chi connectivity index (χ3v) is 5.29. The molecule has 0 saturated carbocycles. The van der Waals surface area contributed by atoms with Crippen LogP contribution in [0.3, 0.4) is 0 Å². The Balaban J connectivity index is 1.78. The molecule has 2 heterocycles. The number of para-hydroxylation sites is 1. The van der Waals surface area contributed by atoms with Gasteiger partial charge in [0.05, 0.1) is 11.9 Å². The number of nitrogens with two attached hydrogens (primary N) is 1. The van der Waals surface area contributed by atoms with Gasteiger partial charge in [0.25, 0.3) is 0 Å². The molecule has 1 aromatic rings. The number of fused-ring (bicyclic) bond motifs is 1. The predicted octanol–water partition coefficient (Wildman–Crippen LogP) is 0.703. The highest BCUT2D eigenvalue weighted by molar-refractivity contribution is 7.89. The Hall–Kier alpha value is -1.11. The highest BCUT2D eigenvalue weighted by Gasteiger charge is 2.30. The summed E-state index contributed by atoms with van der Waals surface area (Å²) in [6.07, 6.45) is 2.32. The fraction of sp³-hybridized carbons (Fsp3) is 0.538. The van der Waals surface area contributed by atoms with Crippen LogP contribution in [0.2, 0.25) is 0 Å². The van der Waals surface area contributed by atoms with E-state index in [0.717, 1.165) is 30.8 Å². The average Bonchev–Trinajstić information content (AvgIpc) is 2.86. The maximum Gasteiger partial charge on any atom is 0.213 e. The van der Waals surface area contributed by atoms with Crippen molar-refractivity contribution in [3.63, 3.8) is 0 Å². The number of primary sulfonamides is 1. The number of hydrogen-bond donors (Lipinski definition) is 2. The first-order valence-electron chi connectivity index (χ1n) is 6.55. The largest absolute Gasteiger partial charge is 0.493 e. The average molecular weight is 282 g/mol. The summed E-state index contributed by atoms with van der Waals surface area (Å²) < 4.78 is 28.4. The molecule has 0 spiro atoms. The Bertz CT molecular complexity index is 578. The summed E-state index contributed by atoms with van der Waals surface area (Å²) in [5.41, 5.74) is 2.38. The number of piperidine rings is 1. The van der Waals surface area contributed by atoms with Gasteiger partial charge in [-0.05, 0) is 18.4 Å². The van der Waals surface area contributed by atoms with Crippen LogP contribution < -0.4 is 15.2 Å². The van der Waals surface area contributed by atoms with E-state index in [-0.39, 0.29) is 6.04 Å². The molecule has 5 nitrogen and oxygen atoms in total. The number of rotatable bonds is 2. The van der Waals surface area contributed by atoms with Crippen molar-refractivity contribution in [2.75, 3.05) is 13.2 Å². The van der Waals surface area contributed by atoms with Gasteiger partial charge in [-0.25, -0.2) is 13.6 Å². The molecule has 0 bridgehead atoms. The maximum atomic E-state index is 11.3. The quantitative estimate of drug-likeness (QED) is 0.837. The second-order valence-corrected chi connectivity index (χ2v) is 7.03. The van der Waals surface area contributed by atoms with Crippen LogP contribution in [-0.4, -0.2) is 26.8 Å². The molecule has 1 saturated heterocycles. The molecule has 104 valence electrons. The molecule has 2 aliphatic rings. The van der Waals surface area contributed by atoms with Gasteiger partial charge in [-0.2, -0.15) is 0 Å². The minimum atomic E-state index is -3.44. The van der Waals surface area contributed by atoms with E-state index in [4.69, 9.17) is 9.88 Å². The minimum Gasteiger partial charge on any atom is -0.493 e. The van der Waals surface area contributed by atoms with Crippen molar-refractivity contribution in [3.8, 4) is 5.75 Å². The zero-order chi connectivity index (χ0) is 13.5. The third kappa shape index (κ3) is 2.48. The Morgan fingerprint density at radius 1 is 1.32 bits per heavy atom. The van der Waals surface area contributed by atoms with Gasteiger partial charge in [-0.1, -0.05) is 18.2 Å². The molecule has 2 unspecified atom stereocenters. The molecule has 3 rings (SSSR count). The molecule has 0 radical (unpaired) electrons. The van der Waals surface area contributed by atoms with E-state index in [1.165, 1.54) is 5.56 Å². The smallest absolute Gasteiger partial charge is 0.213 e. The van der Waals surface area contributed by atoms with Crippen LogP contribution in [0.1, 0.15) is 30.0 Å².